The molecular weight excluding hydrogens is 843 g/mol. The molecule has 1 aromatic heterocycles. The van der Waals surface area contributed by atoms with Crippen LogP contribution in [0.25, 0.3) is 21.5 Å². The molecule has 5 aromatic carbocycles. The summed E-state index contributed by atoms with van der Waals surface area (Å²) in [4.78, 5) is 8.63. The number of aromatic amines is 1. The van der Waals surface area contributed by atoms with E-state index in [1.165, 1.54) is 42.5 Å². The van der Waals surface area contributed by atoms with Gasteiger partial charge in [-0.05, 0) is 91.2 Å². The molecule has 0 aliphatic carbocycles. The first-order valence-corrected chi connectivity index (χ1v) is 19.4. The first-order chi connectivity index (χ1) is 24.8. The Hall–Kier alpha value is -2.55. The van der Waals surface area contributed by atoms with Gasteiger partial charge in [-0.25, -0.2) is 0 Å². The van der Waals surface area contributed by atoms with Gasteiger partial charge < -0.3 is 5.32 Å². The van der Waals surface area contributed by atoms with Crippen molar-refractivity contribution < 1.29 is 38.9 Å². The first kappa shape index (κ1) is 47.8. The number of nitrogens with one attached hydrogen (secondary N) is 3. The van der Waals surface area contributed by atoms with Gasteiger partial charge in [0.2, 0.25) is 16.9 Å². The van der Waals surface area contributed by atoms with E-state index in [0.717, 1.165) is 12.1 Å². The number of halogens is 1. The van der Waals surface area contributed by atoms with Crippen LogP contribution in [0, 0.1) is 19.3 Å². The summed E-state index contributed by atoms with van der Waals surface area (Å²) in [5.41, 5.74) is 2.02. The van der Waals surface area contributed by atoms with E-state index in [9.17, 15) is 38.9 Å². The monoisotopic (exact) mass is 866 g/mol. The van der Waals surface area contributed by atoms with E-state index in [0.29, 0.717) is 33.6 Å². The summed E-state index contributed by atoms with van der Waals surface area (Å²) in [7, 11) is -14.2. The van der Waals surface area contributed by atoms with Crippen LogP contribution in [0.4, 0.5) is 34.4 Å². The predicted octanol–water partition coefficient (Wildman–Crippen LogP) is 6.03. The summed E-state index contributed by atoms with van der Waals surface area (Å²) in [6.07, 6.45) is 0. The van der Waals surface area contributed by atoms with Gasteiger partial charge in [0.25, 0.3) is 30.4 Å². The third-order valence-corrected chi connectivity index (χ3v) is 10.5. The molecule has 0 aliphatic rings. The number of hydrogen-bond donors (Lipinski definition) is 6. The minimum Gasteiger partial charge on any atom is -0.325 e. The Bertz CT molecular complexity index is 2990. The average molecular weight is 867 g/mol. The Kier molecular flexibility index (Phi) is 15.9. The molecule has 0 fully saturated rings. The van der Waals surface area contributed by atoms with Crippen molar-refractivity contribution in [1.29, 1.82) is 5.41 Å². The zero-order valence-electron chi connectivity index (χ0n) is 30.0. The Labute approximate surface area is 390 Å². The smallest absolute Gasteiger partial charge is 0.295 e. The maximum absolute atomic E-state index is 12.2. The molecule has 6 aromatic rings. The second-order valence-corrected chi connectivity index (χ2v) is 15.9. The maximum atomic E-state index is 12.2. The van der Waals surface area contributed by atoms with Gasteiger partial charge in [0.05, 0.1) is 27.6 Å². The van der Waals surface area contributed by atoms with Gasteiger partial charge in [-0.2, -0.15) is 50.6 Å². The Morgan fingerprint density at radius 2 is 1.25 bits per heavy atom. The number of nitrogens with zero attached hydrogens (tertiary/aromatic N) is 6. The van der Waals surface area contributed by atoms with Gasteiger partial charge in [-0.1, -0.05) is 18.2 Å². The predicted molar refractivity (Wildman–Crippen MR) is 209 cm³/mol. The van der Waals surface area contributed by atoms with Crippen molar-refractivity contribution in [2.24, 2.45) is 20.5 Å². The van der Waals surface area contributed by atoms with Crippen molar-refractivity contribution in [2.45, 2.75) is 28.5 Å². The zero-order valence-corrected chi connectivity index (χ0v) is 39.2. The molecule has 275 valence electrons. The van der Waals surface area contributed by atoms with Crippen LogP contribution in [0.15, 0.2) is 108 Å². The number of aryl methyl sites for hydroxylation is 2. The molecule has 18 nitrogen and oxygen atoms in total. The van der Waals surface area contributed by atoms with Crippen molar-refractivity contribution in [2.75, 3.05) is 5.32 Å². The third-order valence-electron chi connectivity index (χ3n) is 7.67. The second kappa shape index (κ2) is 18.6. The van der Waals surface area contributed by atoms with Crippen LogP contribution in [0.3, 0.4) is 0 Å². The van der Waals surface area contributed by atoms with Gasteiger partial charge in [-0.15, -0.1) is 5.11 Å². The number of benzene rings is 5. The average Bonchev–Trinajstić information content (AvgIpc) is 3.05. The Morgan fingerprint density at radius 3 is 1.84 bits per heavy atom. The van der Waals surface area contributed by atoms with Crippen LogP contribution < -0.4 is 10.9 Å². The van der Waals surface area contributed by atoms with Crippen LogP contribution in [-0.4, -0.2) is 143 Å². The molecular formula is C31H24ClN9Na3O9S3. The standard InChI is InChI=1S/C31H24ClN9O9S3.3Na/c1-15-11-26(16(2)10-25(15)40-38-17-12-22-20(28(13-17)53(48,49)50)4-3-5-27(22)52(45,46)47)41-39-24-9-8-23(34-31-36-29(32)35-30(33)37-31)19-7-6-18(14-21(19)24)51(42,43)44;;;/h3-14H,1-2H3,(H,42,43,44)(H,45,46,47)(H,48,49,50)(H3,33,34,35,36,37);;;. The van der Waals surface area contributed by atoms with Crippen molar-refractivity contribution in [3.63, 3.8) is 0 Å². The van der Waals surface area contributed by atoms with Gasteiger partial charge in [0.1, 0.15) is 9.79 Å². The summed E-state index contributed by atoms with van der Waals surface area (Å²) >= 11 is 5.88. The normalized spacial score (nSPS) is 12.0. The number of aromatic nitrogens is 3. The molecule has 0 amide bonds. The molecule has 0 aliphatic heterocycles. The molecule has 0 atom stereocenters. The van der Waals surface area contributed by atoms with Crippen molar-refractivity contribution in [1.82, 2.24) is 15.0 Å². The van der Waals surface area contributed by atoms with Crippen molar-refractivity contribution in [3.05, 3.63) is 94.8 Å². The number of hydrogen-bond acceptors (Lipinski definition) is 14. The SMILES string of the molecule is Cc1cc(N=Nc2ccc(Nc3nc(Cl)nc(=N)[nH]3)c3ccc(S(=O)(=O)O)cc23)c(C)cc1N=Nc1cc(S(=O)(=O)O)c2cccc(S(=O)(=O)O)c2c1.[Na].[Na].[Na]. The molecule has 3 radical (unpaired) electrons. The summed E-state index contributed by atoms with van der Waals surface area (Å²) in [5, 5.41) is 27.9. The van der Waals surface area contributed by atoms with E-state index < -0.39 is 45.0 Å². The molecule has 0 unspecified atom stereocenters. The molecule has 25 heteroatoms. The molecule has 1 heterocycles. The fraction of sp³-hybridized carbons (Fsp3) is 0.0645. The third kappa shape index (κ3) is 10.9. The van der Waals surface area contributed by atoms with E-state index in [1.807, 2.05) is 0 Å². The number of fused-ring (bicyclic) bond motifs is 2. The van der Waals surface area contributed by atoms with E-state index in [1.54, 1.807) is 32.0 Å². The van der Waals surface area contributed by atoms with Gasteiger partial charge >= 0.3 is 0 Å². The molecule has 0 bridgehead atoms. The number of azo groups is 2. The number of anilines is 2. The van der Waals surface area contributed by atoms with Crippen LogP contribution >= 0.6 is 11.6 Å². The molecule has 6 N–H and O–H groups in total. The van der Waals surface area contributed by atoms with E-state index in [-0.39, 0.29) is 133 Å². The summed E-state index contributed by atoms with van der Waals surface area (Å²) in [6.45, 7) is 3.38. The summed E-state index contributed by atoms with van der Waals surface area (Å²) < 4.78 is 102. The van der Waals surface area contributed by atoms with E-state index in [4.69, 9.17) is 17.0 Å². The minimum atomic E-state index is -4.86. The van der Waals surface area contributed by atoms with Crippen molar-refractivity contribution >= 4 is 187 Å². The number of rotatable bonds is 9. The fourth-order valence-corrected chi connectivity index (χ4v) is 7.36. The second-order valence-electron chi connectivity index (χ2n) is 11.3. The quantitative estimate of drug-likeness (QED) is 0.0551. The van der Waals surface area contributed by atoms with E-state index >= 15 is 0 Å². The Morgan fingerprint density at radius 1 is 0.643 bits per heavy atom. The minimum absolute atomic E-state index is 0. The molecule has 56 heavy (non-hydrogen) atoms. The molecule has 0 saturated heterocycles. The first-order valence-electron chi connectivity index (χ1n) is 14.7. The van der Waals surface area contributed by atoms with Crippen LogP contribution in [0.5, 0.6) is 0 Å². The largest absolute Gasteiger partial charge is 0.325 e. The Balaban J connectivity index is 0.00000280. The van der Waals surface area contributed by atoms with Gasteiger partial charge in [-0.3, -0.25) is 24.1 Å². The van der Waals surface area contributed by atoms with Crippen LogP contribution in [0.2, 0.25) is 5.28 Å². The maximum Gasteiger partial charge on any atom is 0.295 e. The van der Waals surface area contributed by atoms with Gasteiger partial charge in [0.15, 0.2) is 0 Å². The van der Waals surface area contributed by atoms with Crippen molar-refractivity contribution in [3.8, 4) is 0 Å². The van der Waals surface area contributed by atoms with Crippen LogP contribution in [-0.2, 0) is 30.4 Å². The van der Waals surface area contributed by atoms with Gasteiger partial charge in [0, 0.05) is 116 Å². The molecule has 0 spiro atoms. The fourth-order valence-electron chi connectivity index (χ4n) is 5.26. The van der Waals surface area contributed by atoms with E-state index in [2.05, 4.69) is 40.7 Å². The molecule has 6 rings (SSSR count). The summed E-state index contributed by atoms with van der Waals surface area (Å²) in [6, 6.07) is 16.0. The number of H-pyrrole nitrogens is 1. The summed E-state index contributed by atoms with van der Waals surface area (Å²) in [5.74, 6) is 0.0789. The molecule has 0 saturated carbocycles. The zero-order chi connectivity index (χ0) is 38.5. The van der Waals surface area contributed by atoms with Crippen LogP contribution in [0.1, 0.15) is 11.1 Å². The topological polar surface area (TPSA) is 290 Å².